The maximum Gasteiger partial charge on any atom is 0.220 e. The van der Waals surface area contributed by atoms with Gasteiger partial charge >= 0.3 is 0 Å². The fourth-order valence-electron chi connectivity index (χ4n) is 1.58. The lowest BCUT2D eigenvalue weighted by Gasteiger charge is -2.12. The summed E-state index contributed by atoms with van der Waals surface area (Å²) >= 11 is 0. The lowest BCUT2D eigenvalue weighted by molar-refractivity contribution is -0.121. The third-order valence-corrected chi connectivity index (χ3v) is 2.74. The second-order valence-corrected chi connectivity index (χ2v) is 4.48. The summed E-state index contributed by atoms with van der Waals surface area (Å²) in [5.41, 5.74) is 6.75. The van der Waals surface area contributed by atoms with Gasteiger partial charge in [-0.2, -0.15) is 0 Å². The minimum Gasteiger partial charge on any atom is -0.353 e. The van der Waals surface area contributed by atoms with Gasteiger partial charge in [0.2, 0.25) is 5.91 Å². The van der Waals surface area contributed by atoms with Crippen molar-refractivity contribution >= 4 is 5.91 Å². The number of carbonyl (C=O) groups is 1. The van der Waals surface area contributed by atoms with E-state index in [2.05, 4.69) is 12.2 Å². The standard InChI is InChI=1S/C13H26N2O/c1-4-12(7-9-14)5-6-13(16)15-10-8-11(2)3/h8,12H,4-7,9-10,14H2,1-3H3,(H,15,16). The molecule has 3 N–H and O–H groups in total. The van der Waals surface area contributed by atoms with Gasteiger partial charge in [-0.3, -0.25) is 4.79 Å². The highest BCUT2D eigenvalue weighted by molar-refractivity contribution is 5.75. The molecule has 0 bridgehead atoms. The molecule has 0 aliphatic carbocycles. The Kier molecular flexibility index (Phi) is 8.91. The van der Waals surface area contributed by atoms with Crippen molar-refractivity contribution in [2.45, 2.75) is 46.5 Å². The van der Waals surface area contributed by atoms with Crippen molar-refractivity contribution in [1.82, 2.24) is 5.32 Å². The molecule has 1 atom stereocenters. The molecule has 0 aromatic carbocycles. The first kappa shape index (κ1) is 15.2. The molecule has 0 saturated heterocycles. The summed E-state index contributed by atoms with van der Waals surface area (Å²) < 4.78 is 0. The summed E-state index contributed by atoms with van der Waals surface area (Å²) in [5, 5.41) is 2.89. The zero-order valence-electron chi connectivity index (χ0n) is 10.9. The fraction of sp³-hybridized carbons (Fsp3) is 0.769. The molecule has 0 aliphatic rings. The van der Waals surface area contributed by atoms with Crippen LogP contribution in [0.25, 0.3) is 0 Å². The fourth-order valence-corrected chi connectivity index (χ4v) is 1.58. The van der Waals surface area contributed by atoms with E-state index in [9.17, 15) is 4.79 Å². The number of nitrogens with one attached hydrogen (secondary N) is 1. The van der Waals surface area contributed by atoms with Crippen LogP contribution >= 0.6 is 0 Å². The van der Waals surface area contributed by atoms with Crippen molar-refractivity contribution in [3.05, 3.63) is 11.6 Å². The number of nitrogens with two attached hydrogens (primary N) is 1. The number of rotatable bonds is 8. The minimum absolute atomic E-state index is 0.146. The predicted octanol–water partition coefficient (Wildman–Crippen LogP) is 2.22. The molecule has 1 unspecified atom stereocenters. The van der Waals surface area contributed by atoms with E-state index in [1.807, 2.05) is 19.9 Å². The first-order valence-corrected chi connectivity index (χ1v) is 6.20. The summed E-state index contributed by atoms with van der Waals surface area (Å²) in [6.07, 6.45) is 5.73. The van der Waals surface area contributed by atoms with Crippen LogP contribution < -0.4 is 11.1 Å². The lowest BCUT2D eigenvalue weighted by atomic mass is 9.96. The molecular weight excluding hydrogens is 200 g/mol. The monoisotopic (exact) mass is 226 g/mol. The summed E-state index contributed by atoms with van der Waals surface area (Å²) in [6, 6.07) is 0. The zero-order valence-corrected chi connectivity index (χ0v) is 10.9. The van der Waals surface area contributed by atoms with Gasteiger partial charge < -0.3 is 11.1 Å². The van der Waals surface area contributed by atoms with Gasteiger partial charge in [-0.05, 0) is 39.2 Å². The number of amides is 1. The average molecular weight is 226 g/mol. The van der Waals surface area contributed by atoms with Crippen molar-refractivity contribution in [3.63, 3.8) is 0 Å². The molecule has 0 aromatic rings. The molecule has 0 fully saturated rings. The van der Waals surface area contributed by atoms with Crippen LogP contribution in [0.5, 0.6) is 0 Å². The van der Waals surface area contributed by atoms with Crippen LogP contribution in [0.2, 0.25) is 0 Å². The largest absolute Gasteiger partial charge is 0.353 e. The van der Waals surface area contributed by atoms with Gasteiger partial charge in [0.25, 0.3) is 0 Å². The van der Waals surface area contributed by atoms with E-state index in [1.165, 1.54) is 5.57 Å². The first-order valence-electron chi connectivity index (χ1n) is 6.20. The molecule has 0 spiro atoms. The molecular formula is C13H26N2O. The highest BCUT2D eigenvalue weighted by Crippen LogP contribution is 2.14. The Bertz CT molecular complexity index is 220. The molecule has 0 radical (unpaired) electrons. The third-order valence-electron chi connectivity index (χ3n) is 2.74. The topological polar surface area (TPSA) is 55.1 Å². The van der Waals surface area contributed by atoms with Crippen molar-refractivity contribution in [3.8, 4) is 0 Å². The molecule has 0 aromatic heterocycles. The second kappa shape index (κ2) is 9.40. The Morgan fingerprint density at radius 2 is 2.06 bits per heavy atom. The normalized spacial score (nSPS) is 12.0. The first-order chi connectivity index (χ1) is 7.60. The van der Waals surface area contributed by atoms with Crippen molar-refractivity contribution in [2.75, 3.05) is 13.1 Å². The van der Waals surface area contributed by atoms with Gasteiger partial charge in [0.15, 0.2) is 0 Å². The number of hydrogen-bond acceptors (Lipinski definition) is 2. The lowest BCUT2D eigenvalue weighted by Crippen LogP contribution is -2.24. The van der Waals surface area contributed by atoms with E-state index in [4.69, 9.17) is 5.73 Å². The number of carbonyl (C=O) groups excluding carboxylic acids is 1. The summed E-state index contributed by atoms with van der Waals surface area (Å²) in [6.45, 7) is 7.58. The van der Waals surface area contributed by atoms with Crippen LogP contribution in [0.1, 0.15) is 46.5 Å². The number of allylic oxidation sites excluding steroid dienone is 1. The van der Waals surface area contributed by atoms with Gasteiger partial charge in [-0.15, -0.1) is 0 Å². The maximum absolute atomic E-state index is 11.5. The average Bonchev–Trinajstić information content (AvgIpc) is 2.23. The summed E-state index contributed by atoms with van der Waals surface area (Å²) in [7, 11) is 0. The third kappa shape index (κ3) is 8.48. The molecule has 0 heterocycles. The van der Waals surface area contributed by atoms with Crippen LogP contribution in [-0.2, 0) is 4.79 Å². The van der Waals surface area contributed by atoms with E-state index in [1.54, 1.807) is 0 Å². The van der Waals surface area contributed by atoms with Crippen LogP contribution in [0.15, 0.2) is 11.6 Å². The van der Waals surface area contributed by atoms with Gasteiger partial charge in [0, 0.05) is 13.0 Å². The minimum atomic E-state index is 0.146. The summed E-state index contributed by atoms with van der Waals surface area (Å²) in [4.78, 5) is 11.5. The Labute approximate surface area is 99.5 Å². The van der Waals surface area contributed by atoms with Gasteiger partial charge in [0.1, 0.15) is 0 Å². The molecule has 0 saturated carbocycles. The van der Waals surface area contributed by atoms with E-state index < -0.39 is 0 Å². The van der Waals surface area contributed by atoms with Gasteiger partial charge in [-0.25, -0.2) is 0 Å². The molecule has 1 amide bonds. The van der Waals surface area contributed by atoms with Gasteiger partial charge in [-0.1, -0.05) is 25.0 Å². The Morgan fingerprint density at radius 3 is 2.56 bits per heavy atom. The zero-order chi connectivity index (χ0) is 12.4. The van der Waals surface area contributed by atoms with Crippen LogP contribution in [0, 0.1) is 5.92 Å². The Balaban J connectivity index is 3.67. The molecule has 0 aliphatic heterocycles. The molecule has 3 heteroatoms. The van der Waals surface area contributed by atoms with Gasteiger partial charge in [0.05, 0.1) is 0 Å². The molecule has 94 valence electrons. The van der Waals surface area contributed by atoms with Crippen LogP contribution in [-0.4, -0.2) is 19.0 Å². The SMILES string of the molecule is CCC(CCN)CCC(=O)NCC=C(C)C. The van der Waals surface area contributed by atoms with Crippen molar-refractivity contribution in [2.24, 2.45) is 11.7 Å². The molecule has 3 nitrogen and oxygen atoms in total. The van der Waals surface area contributed by atoms with Crippen molar-refractivity contribution < 1.29 is 4.79 Å². The van der Waals surface area contributed by atoms with E-state index in [0.29, 0.717) is 18.9 Å². The Hall–Kier alpha value is -0.830. The Morgan fingerprint density at radius 1 is 1.38 bits per heavy atom. The quantitative estimate of drug-likeness (QED) is 0.624. The highest BCUT2D eigenvalue weighted by Gasteiger charge is 2.08. The van der Waals surface area contributed by atoms with Crippen LogP contribution in [0.4, 0.5) is 0 Å². The van der Waals surface area contributed by atoms with Crippen molar-refractivity contribution in [1.29, 1.82) is 0 Å². The predicted molar refractivity (Wildman–Crippen MR) is 69.1 cm³/mol. The van der Waals surface area contributed by atoms with E-state index >= 15 is 0 Å². The second-order valence-electron chi connectivity index (χ2n) is 4.48. The number of hydrogen-bond donors (Lipinski definition) is 2. The smallest absolute Gasteiger partial charge is 0.220 e. The van der Waals surface area contributed by atoms with E-state index in [-0.39, 0.29) is 5.91 Å². The highest BCUT2D eigenvalue weighted by atomic mass is 16.1. The van der Waals surface area contributed by atoms with E-state index in [0.717, 1.165) is 25.8 Å². The summed E-state index contributed by atoms with van der Waals surface area (Å²) in [5.74, 6) is 0.743. The molecule has 16 heavy (non-hydrogen) atoms. The molecule has 0 rings (SSSR count). The van der Waals surface area contributed by atoms with Crippen LogP contribution in [0.3, 0.4) is 0 Å². The maximum atomic E-state index is 11.5.